The molecule has 0 radical (unpaired) electrons. The van der Waals surface area contributed by atoms with Crippen LogP contribution in [0.1, 0.15) is 34.7 Å². The zero-order chi connectivity index (χ0) is 15.1. The summed E-state index contributed by atoms with van der Waals surface area (Å²) in [7, 11) is 1.73. The number of fused-ring (bicyclic) bond motifs is 1. The number of carbonyl (C=O) groups is 3. The predicted octanol–water partition coefficient (Wildman–Crippen LogP) is 0.792. The standard InChI is InChI=1S/C14H13N3O4/c1-17-6-8-4-7(14(20)21)5-10(12(8)16-17)9-2-3-11(18)15-13(9)19/h4-6,9H,2-3H2,1H3,(H,20,21)(H,15,18,19). The van der Waals surface area contributed by atoms with Crippen LogP contribution in [0.15, 0.2) is 18.3 Å². The van der Waals surface area contributed by atoms with Gasteiger partial charge in [-0.3, -0.25) is 19.6 Å². The van der Waals surface area contributed by atoms with E-state index in [2.05, 4.69) is 10.4 Å². The van der Waals surface area contributed by atoms with E-state index >= 15 is 0 Å². The largest absolute Gasteiger partial charge is 0.478 e. The van der Waals surface area contributed by atoms with Gasteiger partial charge in [-0.1, -0.05) is 0 Å². The highest BCUT2D eigenvalue weighted by atomic mass is 16.4. The maximum Gasteiger partial charge on any atom is 0.335 e. The second-order valence-corrected chi connectivity index (χ2v) is 5.11. The first kappa shape index (κ1) is 13.3. The normalized spacial score (nSPS) is 18.8. The maximum atomic E-state index is 12.0. The van der Waals surface area contributed by atoms with E-state index in [1.54, 1.807) is 17.9 Å². The molecule has 2 heterocycles. The molecular weight excluding hydrogens is 274 g/mol. The molecule has 2 amide bonds. The van der Waals surface area contributed by atoms with E-state index in [-0.39, 0.29) is 17.9 Å². The molecule has 2 aromatic rings. The second-order valence-electron chi connectivity index (χ2n) is 5.11. The first-order valence-electron chi connectivity index (χ1n) is 6.50. The van der Waals surface area contributed by atoms with Gasteiger partial charge in [-0.25, -0.2) is 4.79 Å². The number of hydrogen-bond acceptors (Lipinski definition) is 4. The second kappa shape index (κ2) is 4.69. The molecule has 21 heavy (non-hydrogen) atoms. The molecule has 1 aliphatic heterocycles. The molecule has 0 saturated carbocycles. The number of aromatic nitrogens is 2. The fourth-order valence-electron chi connectivity index (χ4n) is 2.66. The van der Waals surface area contributed by atoms with Crippen molar-refractivity contribution in [2.24, 2.45) is 7.05 Å². The number of imide groups is 1. The van der Waals surface area contributed by atoms with Crippen molar-refractivity contribution >= 4 is 28.7 Å². The van der Waals surface area contributed by atoms with Gasteiger partial charge in [0.1, 0.15) is 0 Å². The molecule has 1 aromatic carbocycles. The van der Waals surface area contributed by atoms with Gasteiger partial charge in [0.25, 0.3) is 0 Å². The van der Waals surface area contributed by atoms with Gasteiger partial charge in [0.15, 0.2) is 0 Å². The number of amides is 2. The number of rotatable bonds is 2. The third-order valence-corrected chi connectivity index (χ3v) is 3.61. The van der Waals surface area contributed by atoms with Crippen molar-refractivity contribution in [3.63, 3.8) is 0 Å². The fourth-order valence-corrected chi connectivity index (χ4v) is 2.66. The summed E-state index contributed by atoms with van der Waals surface area (Å²) in [6.45, 7) is 0. The van der Waals surface area contributed by atoms with Crippen molar-refractivity contribution in [3.8, 4) is 0 Å². The van der Waals surface area contributed by atoms with Crippen LogP contribution in [0.2, 0.25) is 0 Å². The number of aromatic carboxylic acids is 1. The number of carbonyl (C=O) groups excluding carboxylic acids is 2. The Morgan fingerprint density at radius 3 is 2.86 bits per heavy atom. The zero-order valence-corrected chi connectivity index (χ0v) is 11.3. The Labute approximate surface area is 119 Å². The predicted molar refractivity (Wildman–Crippen MR) is 72.8 cm³/mol. The Balaban J connectivity index is 2.17. The summed E-state index contributed by atoms with van der Waals surface area (Å²) in [6.07, 6.45) is 2.30. The Morgan fingerprint density at radius 1 is 1.43 bits per heavy atom. The third-order valence-electron chi connectivity index (χ3n) is 3.61. The molecule has 3 rings (SSSR count). The Bertz CT molecular complexity index is 778. The van der Waals surface area contributed by atoms with Crippen molar-refractivity contribution in [3.05, 3.63) is 29.5 Å². The molecule has 7 heteroatoms. The fraction of sp³-hybridized carbons (Fsp3) is 0.286. The van der Waals surface area contributed by atoms with Crippen molar-refractivity contribution in [2.75, 3.05) is 0 Å². The number of nitrogens with zero attached hydrogens (tertiary/aromatic N) is 2. The molecular formula is C14H13N3O4. The third kappa shape index (κ3) is 2.26. The molecule has 1 saturated heterocycles. The lowest BCUT2D eigenvalue weighted by Crippen LogP contribution is -2.39. The van der Waals surface area contributed by atoms with Gasteiger partial charge in [0.2, 0.25) is 11.8 Å². The van der Waals surface area contributed by atoms with Gasteiger partial charge in [0, 0.05) is 25.1 Å². The van der Waals surface area contributed by atoms with E-state index in [1.165, 1.54) is 12.1 Å². The molecule has 1 aliphatic rings. The van der Waals surface area contributed by atoms with E-state index in [1.807, 2.05) is 0 Å². The number of aryl methyl sites for hydroxylation is 1. The highest BCUT2D eigenvalue weighted by Crippen LogP contribution is 2.31. The van der Waals surface area contributed by atoms with Crippen LogP contribution in [0.25, 0.3) is 10.9 Å². The summed E-state index contributed by atoms with van der Waals surface area (Å²) in [6, 6.07) is 3.00. The lowest BCUT2D eigenvalue weighted by Gasteiger charge is -2.21. The Kier molecular flexibility index (Phi) is 2.97. The van der Waals surface area contributed by atoms with Crippen molar-refractivity contribution in [1.29, 1.82) is 0 Å². The lowest BCUT2D eigenvalue weighted by molar-refractivity contribution is -0.134. The highest BCUT2D eigenvalue weighted by molar-refractivity contribution is 6.03. The molecule has 2 N–H and O–H groups in total. The number of nitrogens with one attached hydrogen (secondary N) is 1. The molecule has 1 unspecified atom stereocenters. The van der Waals surface area contributed by atoms with E-state index < -0.39 is 17.8 Å². The minimum absolute atomic E-state index is 0.107. The molecule has 1 fully saturated rings. The average Bonchev–Trinajstić information content (AvgIpc) is 2.78. The number of piperidine rings is 1. The van der Waals surface area contributed by atoms with Gasteiger partial charge >= 0.3 is 5.97 Å². The Morgan fingerprint density at radius 2 is 2.19 bits per heavy atom. The Hall–Kier alpha value is -2.70. The van der Waals surface area contributed by atoms with Gasteiger partial charge in [-0.05, 0) is 24.1 Å². The van der Waals surface area contributed by atoms with Gasteiger partial charge in [-0.2, -0.15) is 5.10 Å². The topological polar surface area (TPSA) is 101 Å². The van der Waals surface area contributed by atoms with E-state index in [0.717, 1.165) is 0 Å². The van der Waals surface area contributed by atoms with Gasteiger partial charge in [0.05, 0.1) is 17.0 Å². The summed E-state index contributed by atoms with van der Waals surface area (Å²) >= 11 is 0. The van der Waals surface area contributed by atoms with Crippen LogP contribution < -0.4 is 5.32 Å². The van der Waals surface area contributed by atoms with E-state index in [4.69, 9.17) is 0 Å². The van der Waals surface area contributed by atoms with Crippen molar-refractivity contribution < 1.29 is 19.5 Å². The minimum atomic E-state index is -1.06. The van der Waals surface area contributed by atoms with Crippen LogP contribution in [0.4, 0.5) is 0 Å². The molecule has 0 bridgehead atoms. The number of carboxylic acids is 1. The van der Waals surface area contributed by atoms with Gasteiger partial charge in [-0.15, -0.1) is 0 Å². The van der Waals surface area contributed by atoms with E-state index in [0.29, 0.717) is 22.9 Å². The molecule has 0 aliphatic carbocycles. The number of benzene rings is 1. The first-order chi connectivity index (χ1) is 9.95. The number of carboxylic acid groups (broad SMARTS) is 1. The molecule has 1 atom stereocenters. The average molecular weight is 287 g/mol. The van der Waals surface area contributed by atoms with Crippen LogP contribution >= 0.6 is 0 Å². The van der Waals surface area contributed by atoms with Crippen molar-refractivity contribution in [1.82, 2.24) is 15.1 Å². The summed E-state index contributed by atoms with van der Waals surface area (Å²) in [5.74, 6) is -2.32. The summed E-state index contributed by atoms with van der Waals surface area (Å²) < 4.78 is 1.58. The molecule has 0 spiro atoms. The summed E-state index contributed by atoms with van der Waals surface area (Å²) in [4.78, 5) is 34.5. The maximum absolute atomic E-state index is 12.0. The molecule has 1 aromatic heterocycles. The van der Waals surface area contributed by atoms with Crippen LogP contribution in [0.5, 0.6) is 0 Å². The van der Waals surface area contributed by atoms with E-state index in [9.17, 15) is 19.5 Å². The number of hydrogen-bond donors (Lipinski definition) is 2. The van der Waals surface area contributed by atoms with Crippen molar-refractivity contribution in [2.45, 2.75) is 18.8 Å². The smallest absolute Gasteiger partial charge is 0.335 e. The first-order valence-corrected chi connectivity index (χ1v) is 6.50. The van der Waals surface area contributed by atoms with Crippen LogP contribution in [-0.4, -0.2) is 32.7 Å². The van der Waals surface area contributed by atoms with Gasteiger partial charge < -0.3 is 5.11 Å². The van der Waals surface area contributed by atoms with Crippen LogP contribution in [0.3, 0.4) is 0 Å². The molecule has 108 valence electrons. The summed E-state index contributed by atoms with van der Waals surface area (Å²) in [5.41, 5.74) is 1.25. The SMILES string of the molecule is Cn1cc2cc(C(=O)O)cc(C3CCC(=O)NC3=O)c2n1. The lowest BCUT2D eigenvalue weighted by atomic mass is 9.88. The van der Waals surface area contributed by atoms with Crippen LogP contribution in [0, 0.1) is 0 Å². The molecule has 7 nitrogen and oxygen atoms in total. The van der Waals surface area contributed by atoms with Crippen LogP contribution in [-0.2, 0) is 16.6 Å². The minimum Gasteiger partial charge on any atom is -0.478 e. The quantitative estimate of drug-likeness (QED) is 0.795. The zero-order valence-electron chi connectivity index (χ0n) is 11.3. The monoisotopic (exact) mass is 287 g/mol. The highest BCUT2D eigenvalue weighted by Gasteiger charge is 2.30. The summed E-state index contributed by atoms with van der Waals surface area (Å²) in [5, 5.41) is 16.5.